The molecule has 2 aliphatic rings. The van der Waals surface area contributed by atoms with E-state index in [1.54, 1.807) is 26.2 Å². The van der Waals surface area contributed by atoms with Gasteiger partial charge in [-0.15, -0.1) is 18.2 Å². The fourth-order valence-corrected chi connectivity index (χ4v) is 4.92. The van der Waals surface area contributed by atoms with Crippen molar-refractivity contribution in [3.05, 3.63) is 83.7 Å². The molecular weight excluding hydrogens is 547 g/mol. The second-order valence-electron chi connectivity index (χ2n) is 10.7. The van der Waals surface area contributed by atoms with Gasteiger partial charge in [-0.2, -0.15) is 23.5 Å². The number of carbonyl (C=O) groups excluding carboxylic acids is 2. The molecule has 0 radical (unpaired) electrons. The molecule has 3 N–H and O–H groups in total. The maximum absolute atomic E-state index is 11.8. The molecule has 9 heteroatoms. The van der Waals surface area contributed by atoms with Crippen LogP contribution < -0.4 is 40.2 Å². The van der Waals surface area contributed by atoms with Crippen LogP contribution >= 0.6 is 0 Å². The summed E-state index contributed by atoms with van der Waals surface area (Å²) < 4.78 is 0. The summed E-state index contributed by atoms with van der Waals surface area (Å²) in [7, 11) is 1.77. The third-order valence-corrected chi connectivity index (χ3v) is 7.40. The number of benzene rings is 1. The zero-order valence-corrected chi connectivity index (χ0v) is 28.3. The minimum atomic E-state index is -0.414. The molecule has 2 heterocycles. The van der Waals surface area contributed by atoms with Gasteiger partial charge in [-0.3, -0.25) is 16.5 Å². The third kappa shape index (κ3) is 11.3. The van der Waals surface area contributed by atoms with Crippen molar-refractivity contribution < 1.29 is 39.1 Å². The van der Waals surface area contributed by atoms with Gasteiger partial charge in [0, 0.05) is 19.6 Å². The van der Waals surface area contributed by atoms with E-state index in [-0.39, 0.29) is 35.1 Å². The molecule has 1 aromatic carbocycles. The number of anilines is 2. The van der Waals surface area contributed by atoms with E-state index in [0.29, 0.717) is 29.4 Å². The molecule has 2 aromatic rings. The van der Waals surface area contributed by atoms with Gasteiger partial charge in [-0.1, -0.05) is 43.2 Å². The summed E-state index contributed by atoms with van der Waals surface area (Å²) in [6.07, 6.45) is 11.7. The van der Waals surface area contributed by atoms with Crippen molar-refractivity contribution in [2.24, 2.45) is 11.8 Å². The molecule has 0 spiro atoms. The van der Waals surface area contributed by atoms with Gasteiger partial charge in [-0.25, -0.2) is 5.57 Å². The van der Waals surface area contributed by atoms with Crippen molar-refractivity contribution >= 4 is 35.4 Å². The first-order valence-corrected chi connectivity index (χ1v) is 14.1. The summed E-state index contributed by atoms with van der Waals surface area (Å²) in [6.45, 7) is 19.1. The monoisotopic (exact) mass is 589 g/mol. The zero-order chi connectivity index (χ0) is 31.2. The predicted octanol–water partition coefficient (Wildman–Crippen LogP) is 2.95. The minimum Gasteiger partial charge on any atom is -0.387 e. The molecule has 8 nitrogen and oxygen atoms in total. The van der Waals surface area contributed by atoms with Gasteiger partial charge in [0.05, 0.1) is 41.4 Å². The predicted molar refractivity (Wildman–Crippen MR) is 170 cm³/mol. The number of aryl methyl sites for hydroxylation is 2. The van der Waals surface area contributed by atoms with Crippen LogP contribution in [-0.4, -0.2) is 54.5 Å². The standard InChI is InChI=1S/C13H15N4O.C13H14N.C8H13NO.Na/c1-4-5-10(7-14)13(18)17-12-6-11(15-3)8-16-9(12)2;1-9(2)11(4)12-5-6-13(8-14)10(3)7-12;10-4-3-9-6-7-1-2-8(9)5-7;/h4,6-8,14-15H,1H2,2-3H3,(H,17,18);4-7,9H,1-3H3;4,7-8H,1-3,5-6H2;/q2*-1;;+1. The fourth-order valence-electron chi connectivity index (χ4n) is 4.92. The maximum Gasteiger partial charge on any atom is 1.00 e. The number of nitrogens with one attached hydrogen (secondary N) is 3. The summed E-state index contributed by atoms with van der Waals surface area (Å²) in [6, 6.07) is 10.4. The number of piperidine rings is 1. The molecule has 2 bridgehead atoms. The van der Waals surface area contributed by atoms with Crippen molar-refractivity contribution in [2.45, 2.75) is 53.0 Å². The third-order valence-electron chi connectivity index (χ3n) is 7.40. The molecule has 43 heavy (non-hydrogen) atoms. The maximum atomic E-state index is 11.8. The van der Waals surface area contributed by atoms with Crippen LogP contribution in [0.3, 0.4) is 0 Å². The normalized spacial score (nSPS) is 16.7. The Kier molecular flexibility index (Phi) is 16.7. The quantitative estimate of drug-likeness (QED) is 0.103. The molecule has 2 fully saturated rings. The van der Waals surface area contributed by atoms with Crippen molar-refractivity contribution in [2.75, 3.05) is 30.8 Å². The van der Waals surface area contributed by atoms with Gasteiger partial charge in [0.2, 0.25) is 0 Å². The molecule has 1 amide bonds. The smallest absolute Gasteiger partial charge is 0.387 e. The first kappa shape index (κ1) is 37.7. The number of aromatic nitrogens is 1. The molecule has 1 saturated heterocycles. The van der Waals surface area contributed by atoms with Crippen LogP contribution in [0.25, 0.3) is 5.57 Å². The Morgan fingerprint density at radius 3 is 2.53 bits per heavy atom. The van der Waals surface area contributed by atoms with E-state index in [2.05, 4.69) is 53.1 Å². The van der Waals surface area contributed by atoms with Gasteiger partial charge in [-0.05, 0) is 45.1 Å². The molecule has 1 aliphatic carbocycles. The Labute approximate surface area is 279 Å². The van der Waals surface area contributed by atoms with Crippen LogP contribution in [0.5, 0.6) is 0 Å². The second kappa shape index (κ2) is 19.0. The fraction of sp³-hybridized carbons (Fsp3) is 0.382. The van der Waals surface area contributed by atoms with Crippen LogP contribution in [0.2, 0.25) is 0 Å². The Morgan fingerprint density at radius 1 is 1.33 bits per heavy atom. The zero-order valence-electron chi connectivity index (χ0n) is 26.3. The van der Waals surface area contributed by atoms with Crippen LogP contribution in [0.1, 0.15) is 55.5 Å². The van der Waals surface area contributed by atoms with Crippen LogP contribution in [-0.2, 0) is 9.59 Å². The van der Waals surface area contributed by atoms with E-state index in [1.807, 2.05) is 25.1 Å². The van der Waals surface area contributed by atoms with Crippen LogP contribution in [0.15, 0.2) is 48.7 Å². The van der Waals surface area contributed by atoms with Crippen LogP contribution in [0.4, 0.5) is 11.4 Å². The summed E-state index contributed by atoms with van der Waals surface area (Å²) >= 11 is 0. The number of carbonyl (C=O) groups is 2. The summed E-state index contributed by atoms with van der Waals surface area (Å²) in [5.41, 5.74) is 5.79. The van der Waals surface area contributed by atoms with Gasteiger partial charge >= 0.3 is 29.6 Å². The summed E-state index contributed by atoms with van der Waals surface area (Å²) in [4.78, 5) is 28.5. The number of nitriles is 1. The first-order chi connectivity index (χ1) is 20.1. The largest absolute Gasteiger partial charge is 1.00 e. The van der Waals surface area contributed by atoms with E-state index in [9.17, 15) is 9.59 Å². The van der Waals surface area contributed by atoms with E-state index < -0.39 is 5.91 Å². The number of rotatable bonds is 9. The van der Waals surface area contributed by atoms with Gasteiger partial charge < -0.3 is 25.6 Å². The van der Waals surface area contributed by atoms with Crippen molar-refractivity contribution in [3.63, 3.8) is 0 Å². The molecule has 4 rings (SSSR count). The summed E-state index contributed by atoms with van der Waals surface area (Å²) in [5.74, 6) is 0.843. The number of likely N-dealkylation sites (tertiary alicyclic amines) is 1. The Hall–Kier alpha value is -3.35. The minimum absolute atomic E-state index is 0. The molecule has 2 unspecified atom stereocenters. The van der Waals surface area contributed by atoms with Crippen molar-refractivity contribution in [3.8, 4) is 6.07 Å². The Balaban J connectivity index is 0.000000330. The molecular formula is C34H42N6NaO2-. The van der Waals surface area contributed by atoms with E-state index in [0.717, 1.165) is 46.8 Å². The number of aldehydes is 1. The SMILES string of the molecule is C=C[C-]=C(C=N)C(=O)Nc1cc(NC)cnc1C.O=CCN1CC2CCC1C2.[CH-]=C(c1ccc(C#N)c(C)c1)C(C)C.[Na+]. The molecule has 2 atom stereocenters. The van der Waals surface area contributed by atoms with Crippen LogP contribution in [0, 0.1) is 55.1 Å². The number of fused-ring (bicyclic) bond motifs is 2. The number of nitrogens with zero attached hydrogens (tertiary/aromatic N) is 3. The number of hydrogen-bond acceptors (Lipinski definition) is 7. The van der Waals surface area contributed by atoms with Crippen molar-refractivity contribution in [1.29, 1.82) is 10.7 Å². The Bertz CT molecular complexity index is 1360. The van der Waals surface area contributed by atoms with E-state index >= 15 is 0 Å². The van der Waals surface area contributed by atoms with Gasteiger partial charge in [0.15, 0.2) is 5.91 Å². The number of pyridine rings is 1. The molecule has 1 aliphatic heterocycles. The average Bonchev–Trinajstić information content (AvgIpc) is 3.61. The number of hydrogen-bond donors (Lipinski definition) is 3. The molecule has 1 aromatic heterocycles. The van der Waals surface area contributed by atoms with E-state index in [4.69, 9.17) is 17.3 Å². The van der Waals surface area contributed by atoms with Gasteiger partial charge in [0.25, 0.3) is 0 Å². The van der Waals surface area contributed by atoms with Crippen molar-refractivity contribution in [1.82, 2.24) is 9.88 Å². The Morgan fingerprint density at radius 2 is 2.05 bits per heavy atom. The second-order valence-corrected chi connectivity index (χ2v) is 10.7. The summed E-state index contributed by atoms with van der Waals surface area (Å²) in [5, 5.41) is 21.5. The van der Waals surface area contributed by atoms with Gasteiger partial charge in [0.1, 0.15) is 6.29 Å². The number of allylic oxidation sites excluding steroid dienone is 3. The molecule has 222 valence electrons. The first-order valence-electron chi connectivity index (χ1n) is 14.1. The molecule has 1 saturated carbocycles. The average molecular weight is 590 g/mol. The number of amides is 1. The topological polar surface area (TPSA) is 122 Å². The van der Waals surface area contributed by atoms with E-state index in [1.165, 1.54) is 31.9 Å².